The molecule has 0 amide bonds. The van der Waals surface area contributed by atoms with Crippen LogP contribution in [-0.4, -0.2) is 30.2 Å². The fraction of sp³-hybridized carbons (Fsp3) is 0.231. The molecule has 0 unspecified atom stereocenters. The fourth-order valence-electron chi connectivity index (χ4n) is 1.77. The summed E-state index contributed by atoms with van der Waals surface area (Å²) in [6, 6.07) is 2.79. The van der Waals surface area contributed by atoms with Crippen LogP contribution in [-0.2, 0) is 16.3 Å². The first kappa shape index (κ1) is 15.6. The highest BCUT2D eigenvalue weighted by molar-refractivity contribution is 7.91. The van der Waals surface area contributed by atoms with Crippen LogP contribution >= 0.6 is 11.3 Å². The Balaban J connectivity index is 2.26. The van der Waals surface area contributed by atoms with E-state index in [1.165, 1.54) is 11.3 Å². The normalized spacial score (nSPS) is 11.5. The quantitative estimate of drug-likeness (QED) is 0.851. The van der Waals surface area contributed by atoms with Gasteiger partial charge in [-0.1, -0.05) is 0 Å². The van der Waals surface area contributed by atoms with Gasteiger partial charge in [0.25, 0.3) is 0 Å². The van der Waals surface area contributed by atoms with Crippen LogP contribution in [0.15, 0.2) is 28.6 Å². The largest absolute Gasteiger partial charge is 0.478 e. The van der Waals surface area contributed by atoms with E-state index in [1.54, 1.807) is 12.4 Å². The van der Waals surface area contributed by atoms with Gasteiger partial charge in [-0.25, -0.2) is 22.6 Å². The van der Waals surface area contributed by atoms with E-state index in [0.29, 0.717) is 6.42 Å². The third-order valence-corrected chi connectivity index (χ3v) is 5.68. The third kappa shape index (κ3) is 3.45. The molecule has 0 radical (unpaired) electrons. The molecule has 0 fully saturated rings. The molecule has 8 heteroatoms. The molecule has 0 saturated heterocycles. The highest BCUT2D eigenvalue weighted by Gasteiger charge is 2.20. The molecule has 2 aromatic rings. The van der Waals surface area contributed by atoms with Crippen molar-refractivity contribution < 1.29 is 22.7 Å². The van der Waals surface area contributed by atoms with Crippen LogP contribution in [0.4, 0.5) is 4.39 Å². The lowest BCUT2D eigenvalue weighted by atomic mass is 10.2. The van der Waals surface area contributed by atoms with Crippen molar-refractivity contribution in [2.45, 2.75) is 18.2 Å². The molecule has 5 nitrogen and oxygen atoms in total. The number of carbonyl (C=O) groups is 1. The molecule has 1 aromatic carbocycles. The number of rotatable bonds is 5. The monoisotopic (exact) mass is 329 g/mol. The molecule has 1 aromatic heterocycles. The minimum Gasteiger partial charge on any atom is -0.478 e. The molecule has 0 aliphatic carbocycles. The second-order valence-corrected chi connectivity index (χ2v) is 7.43. The van der Waals surface area contributed by atoms with Gasteiger partial charge in [0.05, 0.1) is 27.4 Å². The number of halogens is 1. The van der Waals surface area contributed by atoms with E-state index in [4.69, 9.17) is 5.11 Å². The predicted molar refractivity (Wildman–Crippen MR) is 76.0 cm³/mol. The van der Waals surface area contributed by atoms with E-state index < -0.39 is 27.2 Å². The number of aryl methyl sites for hydroxylation is 2. The Morgan fingerprint density at radius 2 is 2.14 bits per heavy atom. The van der Waals surface area contributed by atoms with E-state index >= 15 is 0 Å². The van der Waals surface area contributed by atoms with E-state index in [0.717, 1.165) is 28.8 Å². The number of aromatic nitrogens is 1. The van der Waals surface area contributed by atoms with Crippen molar-refractivity contribution in [2.24, 2.45) is 0 Å². The van der Waals surface area contributed by atoms with Gasteiger partial charge in [-0.2, -0.15) is 0 Å². The number of carboxylic acid groups (broad SMARTS) is 1. The highest BCUT2D eigenvalue weighted by atomic mass is 32.2. The zero-order valence-corrected chi connectivity index (χ0v) is 12.7. The molecule has 112 valence electrons. The van der Waals surface area contributed by atoms with Gasteiger partial charge in [0.2, 0.25) is 0 Å². The first-order chi connectivity index (χ1) is 9.81. The fourth-order valence-corrected chi connectivity index (χ4v) is 3.96. The molecule has 0 aliphatic rings. The molecule has 1 heterocycles. The molecule has 1 N–H and O–H groups in total. The van der Waals surface area contributed by atoms with Crippen molar-refractivity contribution >= 4 is 27.1 Å². The third-order valence-electron chi connectivity index (χ3n) is 2.97. The van der Waals surface area contributed by atoms with Crippen LogP contribution in [0, 0.1) is 12.7 Å². The van der Waals surface area contributed by atoms with Gasteiger partial charge in [0.15, 0.2) is 9.84 Å². The Morgan fingerprint density at radius 3 is 2.71 bits per heavy atom. The lowest BCUT2D eigenvalue weighted by Gasteiger charge is -2.06. The number of sulfone groups is 1. The SMILES string of the molecule is Cc1ncsc1CCS(=O)(=O)c1ccc(F)c(C(=O)O)c1. The maximum Gasteiger partial charge on any atom is 0.338 e. The molecule has 0 bridgehead atoms. The van der Waals surface area contributed by atoms with Gasteiger partial charge in [0, 0.05) is 4.88 Å². The van der Waals surface area contributed by atoms with E-state index in [-0.39, 0.29) is 10.6 Å². The summed E-state index contributed by atoms with van der Waals surface area (Å²) in [5.74, 6) is -2.64. The van der Waals surface area contributed by atoms with Crippen molar-refractivity contribution in [3.63, 3.8) is 0 Å². The minimum atomic E-state index is -3.68. The Bertz CT molecular complexity index is 783. The number of carboxylic acids is 1. The molecule has 0 saturated carbocycles. The zero-order valence-electron chi connectivity index (χ0n) is 11.0. The summed E-state index contributed by atoms with van der Waals surface area (Å²) in [7, 11) is -3.68. The maximum absolute atomic E-state index is 13.3. The molecular formula is C13H12FNO4S2. The summed E-state index contributed by atoms with van der Waals surface area (Å²) >= 11 is 1.37. The second-order valence-electron chi connectivity index (χ2n) is 4.38. The van der Waals surface area contributed by atoms with Crippen LogP contribution in [0.5, 0.6) is 0 Å². The minimum absolute atomic E-state index is 0.180. The Kier molecular flexibility index (Phi) is 4.38. The van der Waals surface area contributed by atoms with Crippen molar-refractivity contribution in [2.75, 3.05) is 5.75 Å². The molecule has 21 heavy (non-hydrogen) atoms. The molecule has 0 atom stereocenters. The first-order valence-corrected chi connectivity index (χ1v) is 8.49. The van der Waals surface area contributed by atoms with Crippen LogP contribution in [0.3, 0.4) is 0 Å². The van der Waals surface area contributed by atoms with Gasteiger partial charge < -0.3 is 5.11 Å². The number of hydrogen-bond acceptors (Lipinski definition) is 5. The summed E-state index contributed by atoms with van der Waals surface area (Å²) in [5.41, 5.74) is 1.77. The highest BCUT2D eigenvalue weighted by Crippen LogP contribution is 2.19. The second kappa shape index (κ2) is 5.90. The standard InChI is InChI=1S/C13H12FNO4S2/c1-8-12(20-7-15-8)4-5-21(18,19)9-2-3-11(14)10(6-9)13(16)17/h2-3,6-7H,4-5H2,1H3,(H,16,17). The summed E-state index contributed by atoms with van der Waals surface area (Å²) in [4.78, 5) is 15.6. The van der Waals surface area contributed by atoms with Gasteiger partial charge in [-0.15, -0.1) is 11.3 Å². The Labute approximate surface area is 125 Å². The number of thiazole rings is 1. The summed E-state index contributed by atoms with van der Waals surface area (Å²) in [6.45, 7) is 1.79. The molecular weight excluding hydrogens is 317 g/mol. The van der Waals surface area contributed by atoms with Crippen molar-refractivity contribution in [3.05, 3.63) is 45.7 Å². The Morgan fingerprint density at radius 1 is 1.43 bits per heavy atom. The van der Waals surface area contributed by atoms with Crippen molar-refractivity contribution in [1.29, 1.82) is 0 Å². The first-order valence-electron chi connectivity index (χ1n) is 5.96. The number of aromatic carboxylic acids is 1. The van der Waals surface area contributed by atoms with Crippen LogP contribution in [0.1, 0.15) is 20.9 Å². The predicted octanol–water partition coefficient (Wildman–Crippen LogP) is 2.31. The number of hydrogen-bond donors (Lipinski definition) is 1. The van der Waals surface area contributed by atoms with Gasteiger partial charge >= 0.3 is 5.97 Å². The Hall–Kier alpha value is -1.80. The number of benzene rings is 1. The van der Waals surface area contributed by atoms with Crippen molar-refractivity contribution in [3.8, 4) is 0 Å². The van der Waals surface area contributed by atoms with Crippen LogP contribution < -0.4 is 0 Å². The van der Waals surface area contributed by atoms with Crippen molar-refractivity contribution in [1.82, 2.24) is 4.98 Å². The van der Waals surface area contributed by atoms with E-state index in [9.17, 15) is 17.6 Å². The molecule has 0 spiro atoms. The lowest BCUT2D eigenvalue weighted by molar-refractivity contribution is 0.0691. The topological polar surface area (TPSA) is 84.3 Å². The van der Waals surface area contributed by atoms with E-state index in [2.05, 4.69) is 4.98 Å². The van der Waals surface area contributed by atoms with E-state index in [1.807, 2.05) is 0 Å². The lowest BCUT2D eigenvalue weighted by Crippen LogP contribution is -2.11. The van der Waals surface area contributed by atoms with Gasteiger partial charge in [-0.05, 0) is 31.5 Å². The zero-order chi connectivity index (χ0) is 15.6. The average Bonchev–Trinajstić information content (AvgIpc) is 2.82. The maximum atomic E-state index is 13.3. The summed E-state index contributed by atoms with van der Waals surface area (Å²) in [5, 5.41) is 8.83. The summed E-state index contributed by atoms with van der Waals surface area (Å²) in [6.07, 6.45) is 0.290. The molecule has 0 aliphatic heterocycles. The van der Waals surface area contributed by atoms with Crippen LogP contribution in [0.2, 0.25) is 0 Å². The van der Waals surface area contributed by atoms with Crippen LogP contribution in [0.25, 0.3) is 0 Å². The summed E-state index contributed by atoms with van der Waals surface area (Å²) < 4.78 is 37.7. The molecule has 2 rings (SSSR count). The van der Waals surface area contributed by atoms with Gasteiger partial charge in [0.1, 0.15) is 5.82 Å². The van der Waals surface area contributed by atoms with Gasteiger partial charge in [-0.3, -0.25) is 0 Å². The number of nitrogens with zero attached hydrogens (tertiary/aromatic N) is 1. The smallest absolute Gasteiger partial charge is 0.338 e. The average molecular weight is 329 g/mol.